The minimum atomic E-state index is 0.317. The summed E-state index contributed by atoms with van der Waals surface area (Å²) >= 11 is 1.85. The van der Waals surface area contributed by atoms with Gasteiger partial charge < -0.3 is 5.32 Å². The fourth-order valence-electron chi connectivity index (χ4n) is 3.53. The number of rotatable bonds is 4. The molecule has 1 saturated carbocycles. The number of hydrogen-bond donors (Lipinski definition) is 1. The Morgan fingerprint density at radius 3 is 2.80 bits per heavy atom. The topological polar surface area (TPSA) is 28.2 Å². The van der Waals surface area contributed by atoms with Gasteiger partial charge in [0.15, 0.2) is 0 Å². The third-order valence-electron chi connectivity index (χ3n) is 4.97. The van der Waals surface area contributed by atoms with E-state index in [1.54, 1.807) is 0 Å². The molecule has 0 bridgehead atoms. The summed E-state index contributed by atoms with van der Waals surface area (Å²) < 4.78 is 0. The summed E-state index contributed by atoms with van der Waals surface area (Å²) in [7, 11) is 0. The third-order valence-corrected chi connectivity index (χ3v) is 5.87. The lowest BCUT2D eigenvalue weighted by Gasteiger charge is -2.48. The van der Waals surface area contributed by atoms with Crippen molar-refractivity contribution >= 4 is 11.3 Å². The lowest BCUT2D eigenvalue weighted by Crippen LogP contribution is -2.64. The average molecular weight is 293 g/mol. The lowest BCUT2D eigenvalue weighted by atomic mass is 9.88. The molecule has 20 heavy (non-hydrogen) atoms. The van der Waals surface area contributed by atoms with Crippen molar-refractivity contribution in [3.05, 3.63) is 16.1 Å². The lowest BCUT2D eigenvalue weighted by molar-refractivity contribution is 0.0462. The van der Waals surface area contributed by atoms with Gasteiger partial charge in [0.05, 0.1) is 6.54 Å². The first-order valence-corrected chi connectivity index (χ1v) is 8.70. The molecule has 2 fully saturated rings. The maximum absolute atomic E-state index is 4.57. The first-order valence-electron chi connectivity index (χ1n) is 7.88. The molecule has 1 saturated heterocycles. The molecule has 2 atom stereocenters. The molecule has 2 heterocycles. The van der Waals surface area contributed by atoms with Gasteiger partial charge in [0.1, 0.15) is 5.01 Å². The summed E-state index contributed by atoms with van der Waals surface area (Å²) in [5, 5.41) is 5.12. The van der Waals surface area contributed by atoms with E-state index in [0.29, 0.717) is 17.5 Å². The van der Waals surface area contributed by atoms with Gasteiger partial charge in [-0.2, -0.15) is 0 Å². The van der Waals surface area contributed by atoms with Crippen molar-refractivity contribution < 1.29 is 0 Å². The Morgan fingerprint density at radius 1 is 1.50 bits per heavy atom. The fourth-order valence-corrected chi connectivity index (χ4v) is 4.35. The molecule has 1 aromatic heterocycles. The van der Waals surface area contributed by atoms with E-state index in [-0.39, 0.29) is 0 Å². The van der Waals surface area contributed by atoms with Gasteiger partial charge in [0.25, 0.3) is 0 Å². The van der Waals surface area contributed by atoms with Crippen LogP contribution < -0.4 is 5.32 Å². The Balaban J connectivity index is 1.74. The van der Waals surface area contributed by atoms with Crippen molar-refractivity contribution in [2.24, 2.45) is 11.8 Å². The molecule has 0 amide bonds. The number of nitrogens with one attached hydrogen (secondary N) is 1. The van der Waals surface area contributed by atoms with Gasteiger partial charge in [-0.25, -0.2) is 4.98 Å². The second-order valence-electron chi connectivity index (χ2n) is 7.15. The van der Waals surface area contributed by atoms with Crippen LogP contribution in [-0.2, 0) is 6.54 Å². The summed E-state index contributed by atoms with van der Waals surface area (Å²) in [6.07, 6.45) is 4.81. The standard InChI is InChI=1S/C16H27N3S/c1-11(2)14-8-18-16(4,13-5-6-13)10-19(14)9-15-17-7-12(3)20-15/h7,11,13-14,18H,5-6,8-10H2,1-4H3. The molecule has 0 aromatic carbocycles. The van der Waals surface area contributed by atoms with E-state index in [4.69, 9.17) is 0 Å². The van der Waals surface area contributed by atoms with E-state index in [2.05, 4.69) is 42.9 Å². The van der Waals surface area contributed by atoms with E-state index in [1.165, 1.54) is 29.3 Å². The van der Waals surface area contributed by atoms with E-state index in [1.807, 2.05) is 17.5 Å². The number of nitrogens with zero attached hydrogens (tertiary/aromatic N) is 2. The fraction of sp³-hybridized carbons (Fsp3) is 0.812. The number of aromatic nitrogens is 1. The molecular formula is C16H27N3S. The molecule has 1 N–H and O–H groups in total. The smallest absolute Gasteiger partial charge is 0.107 e. The average Bonchev–Trinajstić information content (AvgIpc) is 3.15. The maximum atomic E-state index is 4.57. The van der Waals surface area contributed by atoms with Crippen LogP contribution in [0.5, 0.6) is 0 Å². The van der Waals surface area contributed by atoms with Gasteiger partial charge in [0, 0.05) is 35.7 Å². The molecule has 0 radical (unpaired) electrons. The number of piperazine rings is 1. The van der Waals surface area contributed by atoms with Gasteiger partial charge in [-0.1, -0.05) is 13.8 Å². The number of thiazole rings is 1. The highest BCUT2D eigenvalue weighted by molar-refractivity contribution is 7.11. The monoisotopic (exact) mass is 293 g/mol. The van der Waals surface area contributed by atoms with Crippen LogP contribution in [0.4, 0.5) is 0 Å². The molecular weight excluding hydrogens is 266 g/mol. The van der Waals surface area contributed by atoms with Crippen molar-refractivity contribution in [1.82, 2.24) is 15.2 Å². The minimum Gasteiger partial charge on any atom is -0.308 e. The molecule has 0 spiro atoms. The van der Waals surface area contributed by atoms with Gasteiger partial charge in [-0.3, -0.25) is 4.90 Å². The summed E-state index contributed by atoms with van der Waals surface area (Å²) in [6.45, 7) is 12.5. The molecule has 1 aliphatic heterocycles. The highest BCUT2D eigenvalue weighted by atomic mass is 32.1. The van der Waals surface area contributed by atoms with Crippen molar-refractivity contribution in [3.63, 3.8) is 0 Å². The van der Waals surface area contributed by atoms with Crippen LogP contribution in [0, 0.1) is 18.8 Å². The van der Waals surface area contributed by atoms with E-state index < -0.39 is 0 Å². The third kappa shape index (κ3) is 2.92. The molecule has 1 aromatic rings. The summed E-state index contributed by atoms with van der Waals surface area (Å²) in [4.78, 5) is 8.57. The minimum absolute atomic E-state index is 0.317. The van der Waals surface area contributed by atoms with Crippen molar-refractivity contribution in [3.8, 4) is 0 Å². The zero-order valence-corrected chi connectivity index (χ0v) is 14.0. The largest absolute Gasteiger partial charge is 0.308 e. The Morgan fingerprint density at radius 2 is 2.25 bits per heavy atom. The molecule has 2 unspecified atom stereocenters. The van der Waals surface area contributed by atoms with Gasteiger partial charge in [-0.05, 0) is 38.5 Å². The summed E-state index contributed by atoms with van der Waals surface area (Å²) in [6, 6.07) is 0.631. The van der Waals surface area contributed by atoms with Crippen molar-refractivity contribution in [2.75, 3.05) is 13.1 Å². The molecule has 112 valence electrons. The van der Waals surface area contributed by atoms with E-state index in [9.17, 15) is 0 Å². The zero-order chi connectivity index (χ0) is 14.3. The Hall–Kier alpha value is -0.450. The highest BCUT2D eigenvalue weighted by Crippen LogP contribution is 2.42. The van der Waals surface area contributed by atoms with E-state index in [0.717, 1.165) is 19.0 Å². The zero-order valence-electron chi connectivity index (χ0n) is 13.1. The van der Waals surface area contributed by atoms with Crippen LogP contribution in [0.1, 0.15) is 43.5 Å². The van der Waals surface area contributed by atoms with Crippen LogP contribution in [0.15, 0.2) is 6.20 Å². The van der Waals surface area contributed by atoms with Crippen LogP contribution in [0.25, 0.3) is 0 Å². The first-order chi connectivity index (χ1) is 9.48. The Kier molecular flexibility index (Phi) is 3.91. The normalized spacial score (nSPS) is 31.9. The van der Waals surface area contributed by atoms with Gasteiger partial charge >= 0.3 is 0 Å². The molecule has 2 aliphatic rings. The predicted octanol–water partition coefficient (Wildman–Crippen LogP) is 3.05. The second kappa shape index (κ2) is 5.39. The SMILES string of the molecule is Cc1cnc(CN2CC(C)(C3CC3)NCC2C(C)C)s1. The number of hydrogen-bond acceptors (Lipinski definition) is 4. The molecule has 1 aliphatic carbocycles. The van der Waals surface area contributed by atoms with Crippen LogP contribution in [0.3, 0.4) is 0 Å². The summed E-state index contributed by atoms with van der Waals surface area (Å²) in [5.41, 5.74) is 0.317. The summed E-state index contributed by atoms with van der Waals surface area (Å²) in [5.74, 6) is 1.57. The quantitative estimate of drug-likeness (QED) is 0.925. The van der Waals surface area contributed by atoms with Crippen LogP contribution in [-0.4, -0.2) is 34.6 Å². The van der Waals surface area contributed by atoms with Gasteiger partial charge in [0.2, 0.25) is 0 Å². The maximum Gasteiger partial charge on any atom is 0.107 e. The van der Waals surface area contributed by atoms with Crippen LogP contribution >= 0.6 is 11.3 Å². The highest BCUT2D eigenvalue weighted by Gasteiger charge is 2.46. The second-order valence-corrected chi connectivity index (χ2v) is 8.47. The Labute approximate surface area is 126 Å². The van der Waals surface area contributed by atoms with Crippen molar-refractivity contribution in [2.45, 2.75) is 58.7 Å². The van der Waals surface area contributed by atoms with Gasteiger partial charge in [-0.15, -0.1) is 11.3 Å². The van der Waals surface area contributed by atoms with E-state index >= 15 is 0 Å². The molecule has 3 nitrogen and oxygen atoms in total. The Bertz CT molecular complexity index is 466. The predicted molar refractivity (Wildman–Crippen MR) is 85.0 cm³/mol. The van der Waals surface area contributed by atoms with Crippen molar-refractivity contribution in [1.29, 1.82) is 0 Å². The first kappa shape index (κ1) is 14.5. The molecule has 3 rings (SSSR count). The number of aryl methyl sites for hydroxylation is 1. The van der Waals surface area contributed by atoms with Crippen LogP contribution in [0.2, 0.25) is 0 Å². The molecule has 4 heteroatoms.